The molecule has 5 aliphatic rings. The maximum absolute atomic E-state index is 2.48. The molecule has 1 heteroatoms. The molecule has 0 atom stereocenters. The van der Waals surface area contributed by atoms with Gasteiger partial charge in [0.05, 0.1) is 5.69 Å². The van der Waals surface area contributed by atoms with Gasteiger partial charge in [0, 0.05) is 22.2 Å². The lowest BCUT2D eigenvalue weighted by Crippen LogP contribution is -2.48. The van der Waals surface area contributed by atoms with Crippen LogP contribution in [0.1, 0.15) is 69.1 Å². The molecule has 0 radical (unpaired) electrons. The summed E-state index contributed by atoms with van der Waals surface area (Å²) in [5.41, 5.74) is 16.0. The Morgan fingerprint density at radius 1 is 0.444 bits per heavy atom. The van der Waals surface area contributed by atoms with E-state index in [0.717, 1.165) is 23.4 Å². The Balaban J connectivity index is 1.01. The first-order valence-electron chi connectivity index (χ1n) is 20.3. The van der Waals surface area contributed by atoms with Gasteiger partial charge < -0.3 is 4.90 Å². The normalized spacial score (nSPS) is 23.0. The van der Waals surface area contributed by atoms with Crippen molar-refractivity contribution in [2.45, 2.75) is 63.2 Å². The van der Waals surface area contributed by atoms with E-state index in [4.69, 9.17) is 0 Å². The molecule has 7 aromatic rings. The zero-order chi connectivity index (χ0) is 36.0. The summed E-state index contributed by atoms with van der Waals surface area (Å²) in [4.78, 5) is 2.48. The Morgan fingerprint density at radius 3 is 1.70 bits per heavy atom. The molecule has 4 bridgehead atoms. The molecule has 1 nitrogen and oxygen atoms in total. The van der Waals surface area contributed by atoms with Crippen LogP contribution in [0.2, 0.25) is 0 Å². The van der Waals surface area contributed by atoms with Gasteiger partial charge in [-0.2, -0.15) is 0 Å². The zero-order valence-electron chi connectivity index (χ0n) is 31.4. The molecule has 12 rings (SSSR count). The van der Waals surface area contributed by atoms with Crippen LogP contribution in [0, 0.1) is 17.8 Å². The minimum absolute atomic E-state index is 0.0843. The van der Waals surface area contributed by atoms with Gasteiger partial charge in [0.25, 0.3) is 0 Å². The van der Waals surface area contributed by atoms with Gasteiger partial charge in [-0.25, -0.2) is 0 Å². The highest BCUT2D eigenvalue weighted by molar-refractivity contribution is 6.06. The van der Waals surface area contributed by atoms with Crippen LogP contribution in [0.25, 0.3) is 44.2 Å². The second-order valence-corrected chi connectivity index (χ2v) is 17.6. The van der Waals surface area contributed by atoms with Crippen LogP contribution >= 0.6 is 0 Å². The third-order valence-corrected chi connectivity index (χ3v) is 14.0. The van der Waals surface area contributed by atoms with Gasteiger partial charge in [0.15, 0.2) is 0 Å². The van der Waals surface area contributed by atoms with Crippen LogP contribution in [-0.4, -0.2) is 0 Å². The Bertz CT molecular complexity index is 2500. The predicted octanol–water partition coefficient (Wildman–Crippen LogP) is 14.4. The van der Waals surface area contributed by atoms with Crippen LogP contribution in [0.4, 0.5) is 17.1 Å². The summed E-state index contributed by atoms with van der Waals surface area (Å²) in [6, 6.07) is 59.5. The molecule has 0 unspecified atom stereocenters. The van der Waals surface area contributed by atoms with Crippen molar-refractivity contribution in [3.05, 3.63) is 174 Å². The third kappa shape index (κ3) is 4.97. The SMILES string of the molecule is CC1(C)c2ccccc2-c2ccc(N(c3ccc(-c4ccc(C56CC7CC(CC(C7)C5)C6)cc4)cc3)c3ccc(-c4ccccc4)c4ccccc34)cc21. The molecule has 0 amide bonds. The largest absolute Gasteiger partial charge is 0.310 e. The monoisotopic (exact) mass is 697 g/mol. The fourth-order valence-corrected chi connectivity index (χ4v) is 11.9. The highest BCUT2D eigenvalue weighted by Gasteiger charge is 2.51. The predicted molar refractivity (Wildman–Crippen MR) is 227 cm³/mol. The molecule has 54 heavy (non-hydrogen) atoms. The van der Waals surface area contributed by atoms with Crippen LogP contribution < -0.4 is 4.90 Å². The highest BCUT2D eigenvalue weighted by Crippen LogP contribution is 2.61. The van der Waals surface area contributed by atoms with E-state index in [1.807, 2.05) is 0 Å². The maximum atomic E-state index is 2.48. The summed E-state index contributed by atoms with van der Waals surface area (Å²) in [5, 5.41) is 2.50. The van der Waals surface area contributed by atoms with Crippen molar-refractivity contribution in [2.24, 2.45) is 17.8 Å². The molecule has 0 saturated heterocycles. The van der Waals surface area contributed by atoms with Gasteiger partial charge >= 0.3 is 0 Å². The number of rotatable bonds is 6. The highest BCUT2D eigenvalue weighted by atomic mass is 15.1. The topological polar surface area (TPSA) is 3.24 Å². The Labute approximate surface area is 320 Å². The molecule has 4 saturated carbocycles. The molecule has 4 fully saturated rings. The Kier molecular flexibility index (Phi) is 7.16. The van der Waals surface area contributed by atoms with E-state index in [-0.39, 0.29) is 5.41 Å². The zero-order valence-corrected chi connectivity index (χ0v) is 31.4. The van der Waals surface area contributed by atoms with Crippen molar-refractivity contribution in [1.82, 2.24) is 0 Å². The summed E-state index contributed by atoms with van der Waals surface area (Å²) in [6.07, 6.45) is 8.71. The summed E-state index contributed by atoms with van der Waals surface area (Å²) in [7, 11) is 0. The van der Waals surface area contributed by atoms with Gasteiger partial charge in [0.1, 0.15) is 0 Å². The van der Waals surface area contributed by atoms with Crippen LogP contribution in [0.5, 0.6) is 0 Å². The number of benzene rings is 7. The first kappa shape index (κ1) is 32.1. The molecule has 0 heterocycles. The summed E-state index contributed by atoms with van der Waals surface area (Å²) < 4.78 is 0. The number of hydrogen-bond donors (Lipinski definition) is 0. The van der Waals surface area contributed by atoms with Gasteiger partial charge in [-0.1, -0.05) is 141 Å². The number of hydrogen-bond acceptors (Lipinski definition) is 1. The van der Waals surface area contributed by atoms with Crippen LogP contribution in [0.3, 0.4) is 0 Å². The second-order valence-electron chi connectivity index (χ2n) is 17.6. The molecule has 7 aromatic carbocycles. The van der Waals surface area contributed by atoms with E-state index in [0.29, 0.717) is 5.41 Å². The molecule has 5 aliphatic carbocycles. The molecular formula is C53H47N. The van der Waals surface area contributed by atoms with E-state index in [1.165, 1.54) is 105 Å². The number of nitrogens with zero attached hydrogens (tertiary/aromatic N) is 1. The van der Waals surface area contributed by atoms with Crippen molar-refractivity contribution >= 4 is 27.8 Å². The average molecular weight is 698 g/mol. The van der Waals surface area contributed by atoms with Crippen molar-refractivity contribution in [3.8, 4) is 33.4 Å². The van der Waals surface area contributed by atoms with Crippen LogP contribution in [0.15, 0.2) is 158 Å². The smallest absolute Gasteiger partial charge is 0.0540 e. The standard InChI is InChI=1S/C53H47N/c1-52(2)49-15-9-8-13-46(49)47-25-24-43(31-50(47)52)54(51-27-26-44(40-10-4-3-5-11-40)45-12-6-7-14-48(45)51)42-22-18-39(19-23-42)38-16-20-41(21-17-38)53-32-35-28-36(33-53)30-37(29-35)34-53/h3-27,31,35-37H,28-30,32-34H2,1-2H3. The summed E-state index contributed by atoms with van der Waals surface area (Å²) >= 11 is 0. The van der Waals surface area contributed by atoms with E-state index >= 15 is 0 Å². The van der Waals surface area contributed by atoms with Crippen LogP contribution in [-0.2, 0) is 10.8 Å². The van der Waals surface area contributed by atoms with Gasteiger partial charge in [-0.05, 0) is 147 Å². The average Bonchev–Trinajstić information content (AvgIpc) is 3.43. The minimum atomic E-state index is -0.0843. The van der Waals surface area contributed by atoms with Crippen molar-refractivity contribution < 1.29 is 0 Å². The Hall–Kier alpha value is -5.40. The van der Waals surface area contributed by atoms with Crippen molar-refractivity contribution in [3.63, 3.8) is 0 Å². The molecular weight excluding hydrogens is 651 g/mol. The number of fused-ring (bicyclic) bond motifs is 4. The lowest BCUT2D eigenvalue weighted by molar-refractivity contribution is -0.00518. The molecule has 0 N–H and O–H groups in total. The van der Waals surface area contributed by atoms with E-state index in [9.17, 15) is 0 Å². The fourth-order valence-electron chi connectivity index (χ4n) is 11.9. The molecule has 0 spiro atoms. The van der Waals surface area contributed by atoms with Gasteiger partial charge in [-0.3, -0.25) is 0 Å². The van der Waals surface area contributed by atoms with E-state index < -0.39 is 0 Å². The molecule has 264 valence electrons. The summed E-state index contributed by atoms with van der Waals surface area (Å²) in [6.45, 7) is 4.75. The number of anilines is 3. The summed E-state index contributed by atoms with van der Waals surface area (Å²) in [5.74, 6) is 2.89. The van der Waals surface area contributed by atoms with Crippen molar-refractivity contribution in [1.29, 1.82) is 0 Å². The molecule has 0 aromatic heterocycles. The third-order valence-electron chi connectivity index (χ3n) is 14.0. The van der Waals surface area contributed by atoms with Gasteiger partial charge in [0.2, 0.25) is 0 Å². The fraction of sp³-hybridized carbons (Fsp3) is 0.245. The Morgan fingerprint density at radius 2 is 1.00 bits per heavy atom. The van der Waals surface area contributed by atoms with Gasteiger partial charge in [-0.15, -0.1) is 0 Å². The molecule has 0 aliphatic heterocycles. The second kappa shape index (κ2) is 12.1. The minimum Gasteiger partial charge on any atom is -0.310 e. The van der Waals surface area contributed by atoms with Crippen molar-refractivity contribution in [2.75, 3.05) is 4.90 Å². The quantitative estimate of drug-likeness (QED) is 0.167. The van der Waals surface area contributed by atoms with E-state index in [2.05, 4.69) is 176 Å². The lowest BCUT2D eigenvalue weighted by Gasteiger charge is -2.57. The first-order chi connectivity index (χ1) is 26.4. The lowest BCUT2D eigenvalue weighted by atomic mass is 9.48. The maximum Gasteiger partial charge on any atom is 0.0540 e. The van der Waals surface area contributed by atoms with E-state index in [1.54, 1.807) is 5.56 Å². The first-order valence-corrected chi connectivity index (χ1v) is 20.3.